The predicted octanol–water partition coefficient (Wildman–Crippen LogP) is 5.06. The minimum Gasteiger partial charge on any atom is -0.320 e. The molecule has 1 N–H and O–H groups in total. The van der Waals surface area contributed by atoms with Crippen molar-refractivity contribution in [3.8, 4) is 0 Å². The molecule has 0 aliphatic heterocycles. The normalized spacial score (nSPS) is 11.1. The number of carbonyl (C=O) groups is 1. The van der Waals surface area contributed by atoms with Crippen molar-refractivity contribution in [1.82, 2.24) is 9.38 Å². The molecule has 0 saturated carbocycles. The van der Waals surface area contributed by atoms with E-state index in [9.17, 15) is 4.79 Å². The van der Waals surface area contributed by atoms with Gasteiger partial charge in [0, 0.05) is 21.7 Å². The zero-order chi connectivity index (χ0) is 17.4. The molecule has 2 heterocycles. The molecule has 2 aromatic heterocycles. The minimum atomic E-state index is -0.154. The van der Waals surface area contributed by atoms with E-state index in [4.69, 9.17) is 0 Å². The van der Waals surface area contributed by atoms with E-state index in [1.165, 1.54) is 0 Å². The maximum absolute atomic E-state index is 13.0. The molecule has 0 aliphatic rings. The second-order valence-corrected chi connectivity index (χ2v) is 6.73. The fourth-order valence-electron chi connectivity index (χ4n) is 3.07. The van der Waals surface area contributed by atoms with Gasteiger partial charge in [0.15, 0.2) is 0 Å². The van der Waals surface area contributed by atoms with Gasteiger partial charge in [-0.25, -0.2) is 4.98 Å². The third kappa shape index (κ3) is 2.81. The number of aromatic nitrogens is 2. The topological polar surface area (TPSA) is 46.4 Å². The van der Waals surface area contributed by atoms with Gasteiger partial charge >= 0.3 is 0 Å². The summed E-state index contributed by atoms with van der Waals surface area (Å²) in [5.41, 5.74) is 2.93. The minimum absolute atomic E-state index is 0.154. The van der Waals surface area contributed by atoms with Gasteiger partial charge in [-0.2, -0.15) is 0 Å². The van der Waals surface area contributed by atoms with Crippen LogP contribution in [0.3, 0.4) is 0 Å². The van der Waals surface area contributed by atoms with Gasteiger partial charge in [0.2, 0.25) is 0 Å². The molecule has 0 spiro atoms. The average Bonchev–Trinajstić information content (AvgIpc) is 3.00. The van der Waals surface area contributed by atoms with Crippen LogP contribution in [0.15, 0.2) is 65.3 Å². The summed E-state index contributed by atoms with van der Waals surface area (Å²) in [5, 5.41) is 5.17. The molecule has 4 rings (SSSR count). The van der Waals surface area contributed by atoms with Gasteiger partial charge in [-0.3, -0.25) is 9.20 Å². The average molecular weight is 394 g/mol. The van der Waals surface area contributed by atoms with Gasteiger partial charge in [-0.05, 0) is 45.9 Å². The molecule has 25 heavy (non-hydrogen) atoms. The fraction of sp³-hybridized carbons (Fsp3) is 0.100. The highest BCUT2D eigenvalue weighted by Gasteiger charge is 2.19. The predicted molar refractivity (Wildman–Crippen MR) is 104 cm³/mol. The van der Waals surface area contributed by atoms with E-state index in [0.29, 0.717) is 12.1 Å². The molecule has 0 atom stereocenters. The van der Waals surface area contributed by atoms with E-state index < -0.39 is 0 Å². The van der Waals surface area contributed by atoms with E-state index >= 15 is 0 Å². The first kappa shape index (κ1) is 15.8. The lowest BCUT2D eigenvalue weighted by molar-refractivity contribution is 0.102. The smallest absolute Gasteiger partial charge is 0.274 e. The molecule has 2 aromatic carbocycles. The summed E-state index contributed by atoms with van der Waals surface area (Å²) in [6, 6.07) is 17.7. The molecule has 0 bridgehead atoms. The van der Waals surface area contributed by atoms with Gasteiger partial charge in [-0.1, -0.05) is 43.3 Å². The van der Waals surface area contributed by atoms with Gasteiger partial charge in [0.05, 0.1) is 5.69 Å². The number of nitrogens with zero attached hydrogens (tertiary/aromatic N) is 2. The Morgan fingerprint density at radius 3 is 2.76 bits per heavy atom. The van der Waals surface area contributed by atoms with Crippen LogP contribution in [-0.4, -0.2) is 15.3 Å². The first-order valence-corrected chi connectivity index (χ1v) is 8.92. The molecular weight excluding hydrogens is 378 g/mol. The Bertz CT molecular complexity index is 1100. The lowest BCUT2D eigenvalue weighted by atomic mass is 10.1. The zero-order valence-corrected chi connectivity index (χ0v) is 15.2. The molecular formula is C20H16BrN3O. The zero-order valence-electron chi connectivity index (χ0n) is 13.7. The quantitative estimate of drug-likeness (QED) is 0.528. The second kappa shape index (κ2) is 6.33. The van der Waals surface area contributed by atoms with E-state index in [-0.39, 0.29) is 5.91 Å². The summed E-state index contributed by atoms with van der Waals surface area (Å²) in [4.78, 5) is 17.6. The maximum atomic E-state index is 13.0. The molecule has 4 nitrogen and oxygen atoms in total. The van der Waals surface area contributed by atoms with Crippen molar-refractivity contribution >= 4 is 43.9 Å². The summed E-state index contributed by atoms with van der Waals surface area (Å²) in [6.45, 7) is 2.01. The third-order valence-electron chi connectivity index (χ3n) is 4.24. The Labute approximate surface area is 153 Å². The number of anilines is 1. The van der Waals surface area contributed by atoms with Crippen molar-refractivity contribution < 1.29 is 4.79 Å². The molecule has 0 saturated heterocycles. The van der Waals surface area contributed by atoms with Crippen LogP contribution >= 0.6 is 15.9 Å². The first-order chi connectivity index (χ1) is 12.2. The standard InChI is InChI=1S/C20H16BrN3O/c1-2-16-19(24-12-14(21)10-11-18(24)22-16)20(25)23-17-9-5-7-13-6-3-4-8-15(13)17/h3-12H,2H2,1H3,(H,23,25). The van der Waals surface area contributed by atoms with Crippen LogP contribution in [0, 0.1) is 0 Å². The van der Waals surface area contributed by atoms with Gasteiger partial charge in [-0.15, -0.1) is 0 Å². The number of imidazole rings is 1. The number of hydrogen-bond acceptors (Lipinski definition) is 2. The highest BCUT2D eigenvalue weighted by molar-refractivity contribution is 9.10. The molecule has 0 aliphatic carbocycles. The second-order valence-electron chi connectivity index (χ2n) is 5.82. The van der Waals surface area contributed by atoms with Crippen LogP contribution in [-0.2, 0) is 6.42 Å². The summed E-state index contributed by atoms with van der Waals surface area (Å²) in [5.74, 6) is -0.154. The number of amides is 1. The van der Waals surface area contributed by atoms with Crippen LogP contribution in [0.2, 0.25) is 0 Å². The van der Waals surface area contributed by atoms with Gasteiger partial charge in [0.1, 0.15) is 11.3 Å². The highest BCUT2D eigenvalue weighted by Crippen LogP contribution is 2.25. The lowest BCUT2D eigenvalue weighted by Gasteiger charge is -2.10. The Kier molecular flexibility index (Phi) is 4.01. The van der Waals surface area contributed by atoms with E-state index in [2.05, 4.69) is 26.2 Å². The van der Waals surface area contributed by atoms with Crippen LogP contribution in [0.1, 0.15) is 23.1 Å². The van der Waals surface area contributed by atoms with Gasteiger partial charge < -0.3 is 5.32 Å². The maximum Gasteiger partial charge on any atom is 0.274 e. The number of benzene rings is 2. The van der Waals surface area contributed by atoms with E-state index in [1.807, 2.05) is 72.1 Å². The molecule has 4 aromatic rings. The van der Waals surface area contributed by atoms with Gasteiger partial charge in [0.25, 0.3) is 5.91 Å². The van der Waals surface area contributed by atoms with E-state index in [1.54, 1.807) is 0 Å². The van der Waals surface area contributed by atoms with Crippen molar-refractivity contribution in [2.24, 2.45) is 0 Å². The van der Waals surface area contributed by atoms with Crippen LogP contribution in [0.5, 0.6) is 0 Å². The molecule has 0 unspecified atom stereocenters. The molecule has 0 fully saturated rings. The summed E-state index contributed by atoms with van der Waals surface area (Å²) >= 11 is 3.47. The van der Waals surface area contributed by atoms with Crippen molar-refractivity contribution in [2.75, 3.05) is 5.32 Å². The monoisotopic (exact) mass is 393 g/mol. The lowest BCUT2D eigenvalue weighted by Crippen LogP contribution is -2.16. The molecule has 124 valence electrons. The molecule has 1 amide bonds. The SMILES string of the molecule is CCc1nc2ccc(Br)cn2c1C(=O)Nc1cccc2ccccc12. The Morgan fingerprint density at radius 1 is 1.12 bits per heavy atom. The number of carbonyl (C=O) groups excluding carboxylic acids is 1. The van der Waals surface area contributed by atoms with Crippen molar-refractivity contribution in [2.45, 2.75) is 13.3 Å². The Hall–Kier alpha value is -2.66. The number of halogens is 1. The van der Waals surface area contributed by atoms with Crippen LogP contribution in [0.25, 0.3) is 16.4 Å². The van der Waals surface area contributed by atoms with Crippen molar-refractivity contribution in [1.29, 1.82) is 0 Å². The van der Waals surface area contributed by atoms with Crippen LogP contribution < -0.4 is 5.32 Å². The summed E-state index contributed by atoms with van der Waals surface area (Å²) < 4.78 is 2.74. The number of aryl methyl sites for hydroxylation is 1. The Balaban J connectivity index is 1.81. The fourth-order valence-corrected chi connectivity index (χ4v) is 3.41. The number of hydrogen-bond donors (Lipinski definition) is 1. The largest absolute Gasteiger partial charge is 0.320 e. The highest BCUT2D eigenvalue weighted by atomic mass is 79.9. The number of fused-ring (bicyclic) bond motifs is 2. The summed E-state index contributed by atoms with van der Waals surface area (Å²) in [6.07, 6.45) is 2.57. The third-order valence-corrected chi connectivity index (χ3v) is 4.71. The number of rotatable bonds is 3. The molecule has 5 heteroatoms. The van der Waals surface area contributed by atoms with E-state index in [0.717, 1.165) is 32.3 Å². The molecule has 0 radical (unpaired) electrons. The summed E-state index contributed by atoms with van der Waals surface area (Å²) in [7, 11) is 0. The van der Waals surface area contributed by atoms with Crippen LogP contribution in [0.4, 0.5) is 5.69 Å². The number of nitrogens with one attached hydrogen (secondary N) is 1. The first-order valence-electron chi connectivity index (χ1n) is 8.13. The van der Waals surface area contributed by atoms with Crippen molar-refractivity contribution in [3.05, 3.63) is 76.7 Å². The number of pyridine rings is 1. The van der Waals surface area contributed by atoms with Crippen molar-refractivity contribution in [3.63, 3.8) is 0 Å². The Morgan fingerprint density at radius 2 is 1.92 bits per heavy atom.